The first-order chi connectivity index (χ1) is 10.1. The van der Waals surface area contributed by atoms with Crippen molar-refractivity contribution in [3.05, 3.63) is 53.3 Å². The molecule has 0 saturated carbocycles. The summed E-state index contributed by atoms with van der Waals surface area (Å²) in [6.45, 7) is 3.09. The largest absolute Gasteiger partial charge is 0.352 e. The number of hydrogen-bond donors (Lipinski definition) is 2. The van der Waals surface area contributed by atoms with Crippen LogP contribution in [0, 0.1) is 5.92 Å². The Labute approximate surface area is 129 Å². The molecule has 3 N–H and O–H groups in total. The van der Waals surface area contributed by atoms with Crippen LogP contribution in [0.5, 0.6) is 0 Å². The van der Waals surface area contributed by atoms with Crippen LogP contribution in [0.1, 0.15) is 17.3 Å². The van der Waals surface area contributed by atoms with Gasteiger partial charge in [0.05, 0.1) is 5.56 Å². The van der Waals surface area contributed by atoms with Crippen LogP contribution in [0.25, 0.3) is 11.1 Å². The van der Waals surface area contributed by atoms with Gasteiger partial charge in [-0.15, -0.1) is 0 Å². The van der Waals surface area contributed by atoms with Crippen LogP contribution in [0.15, 0.2) is 42.7 Å². The Bertz CT molecular complexity index is 613. The minimum Gasteiger partial charge on any atom is -0.352 e. The van der Waals surface area contributed by atoms with Crippen molar-refractivity contribution in [2.75, 3.05) is 13.1 Å². The molecule has 21 heavy (non-hydrogen) atoms. The number of carbonyl (C=O) groups excluding carboxylic acids is 1. The monoisotopic (exact) mass is 303 g/mol. The molecule has 0 spiro atoms. The number of rotatable bonds is 5. The molecule has 1 amide bonds. The van der Waals surface area contributed by atoms with Gasteiger partial charge in [0.2, 0.25) is 0 Å². The van der Waals surface area contributed by atoms with Crippen molar-refractivity contribution >= 4 is 17.5 Å². The highest BCUT2D eigenvalue weighted by Gasteiger charge is 2.09. The van der Waals surface area contributed by atoms with E-state index in [-0.39, 0.29) is 11.8 Å². The smallest absolute Gasteiger partial charge is 0.252 e. The summed E-state index contributed by atoms with van der Waals surface area (Å²) in [7, 11) is 0. The highest BCUT2D eigenvalue weighted by atomic mass is 35.5. The van der Waals surface area contributed by atoms with Gasteiger partial charge in [-0.05, 0) is 36.2 Å². The van der Waals surface area contributed by atoms with E-state index in [0.29, 0.717) is 23.7 Å². The first-order valence-corrected chi connectivity index (χ1v) is 7.17. The zero-order chi connectivity index (χ0) is 15.2. The summed E-state index contributed by atoms with van der Waals surface area (Å²) >= 11 is 5.88. The quantitative estimate of drug-likeness (QED) is 0.892. The summed E-state index contributed by atoms with van der Waals surface area (Å²) in [6.07, 6.45) is 3.28. The van der Waals surface area contributed by atoms with E-state index in [0.717, 1.165) is 11.1 Å². The lowest BCUT2D eigenvalue weighted by molar-refractivity contribution is 0.0948. The summed E-state index contributed by atoms with van der Waals surface area (Å²) < 4.78 is 0. The van der Waals surface area contributed by atoms with Crippen molar-refractivity contribution in [3.8, 4) is 11.1 Å². The fourth-order valence-corrected chi connectivity index (χ4v) is 1.94. The zero-order valence-electron chi connectivity index (χ0n) is 11.8. The molecular weight excluding hydrogens is 286 g/mol. The molecule has 1 unspecified atom stereocenters. The molecule has 2 rings (SSSR count). The number of benzene rings is 1. The Kier molecular flexibility index (Phi) is 5.31. The molecule has 0 bridgehead atoms. The minimum absolute atomic E-state index is 0.140. The van der Waals surface area contributed by atoms with Gasteiger partial charge in [-0.25, -0.2) is 0 Å². The fourth-order valence-electron chi connectivity index (χ4n) is 1.82. The SMILES string of the molecule is CC(CN)CNC(=O)c1cncc(-c2ccc(Cl)cc2)c1. The van der Waals surface area contributed by atoms with Crippen molar-refractivity contribution in [2.45, 2.75) is 6.92 Å². The van der Waals surface area contributed by atoms with Crippen LogP contribution in [-0.2, 0) is 0 Å². The predicted molar refractivity (Wildman–Crippen MR) is 85.2 cm³/mol. The molecule has 1 aromatic heterocycles. The van der Waals surface area contributed by atoms with E-state index >= 15 is 0 Å². The fraction of sp³-hybridized carbons (Fsp3) is 0.250. The molecule has 0 aliphatic heterocycles. The van der Waals surface area contributed by atoms with Gasteiger partial charge < -0.3 is 11.1 Å². The maximum absolute atomic E-state index is 12.1. The zero-order valence-corrected chi connectivity index (χ0v) is 12.6. The third-order valence-corrected chi connectivity index (χ3v) is 3.44. The number of carbonyl (C=O) groups is 1. The van der Waals surface area contributed by atoms with Gasteiger partial charge in [0.1, 0.15) is 0 Å². The maximum atomic E-state index is 12.1. The molecule has 0 fully saturated rings. The standard InChI is InChI=1S/C16H18ClN3O/c1-11(7-18)8-20-16(21)14-6-13(9-19-10-14)12-2-4-15(17)5-3-12/h2-6,9-11H,7-8,18H2,1H3,(H,20,21). The Balaban J connectivity index is 2.14. The van der Waals surface area contributed by atoms with Gasteiger partial charge in [-0.2, -0.15) is 0 Å². The average molecular weight is 304 g/mol. The number of halogens is 1. The molecule has 0 saturated heterocycles. The minimum atomic E-state index is -0.140. The van der Waals surface area contributed by atoms with E-state index < -0.39 is 0 Å². The highest BCUT2D eigenvalue weighted by Crippen LogP contribution is 2.21. The number of nitrogens with two attached hydrogens (primary N) is 1. The first-order valence-electron chi connectivity index (χ1n) is 6.79. The summed E-state index contributed by atoms with van der Waals surface area (Å²) in [5, 5.41) is 3.53. The number of aromatic nitrogens is 1. The molecule has 110 valence electrons. The van der Waals surface area contributed by atoms with E-state index in [1.807, 2.05) is 37.3 Å². The van der Waals surface area contributed by atoms with Gasteiger partial charge in [-0.3, -0.25) is 9.78 Å². The first kappa shape index (κ1) is 15.5. The van der Waals surface area contributed by atoms with Crippen molar-refractivity contribution in [1.82, 2.24) is 10.3 Å². The molecule has 1 atom stereocenters. The van der Waals surface area contributed by atoms with Crippen LogP contribution in [0.2, 0.25) is 5.02 Å². The molecule has 0 aliphatic carbocycles. The Morgan fingerprint density at radius 1 is 1.29 bits per heavy atom. The molecule has 0 radical (unpaired) electrons. The second-order valence-electron chi connectivity index (χ2n) is 5.02. The van der Waals surface area contributed by atoms with Crippen molar-refractivity contribution in [3.63, 3.8) is 0 Å². The third-order valence-electron chi connectivity index (χ3n) is 3.19. The lowest BCUT2D eigenvalue weighted by Gasteiger charge is -2.10. The second kappa shape index (κ2) is 7.20. The summed E-state index contributed by atoms with van der Waals surface area (Å²) in [5.41, 5.74) is 7.92. The molecule has 4 nitrogen and oxygen atoms in total. The van der Waals surface area contributed by atoms with E-state index in [2.05, 4.69) is 10.3 Å². The number of pyridine rings is 1. The van der Waals surface area contributed by atoms with Gasteiger partial charge in [-0.1, -0.05) is 30.7 Å². The topological polar surface area (TPSA) is 68.0 Å². The van der Waals surface area contributed by atoms with Gasteiger partial charge in [0.25, 0.3) is 5.91 Å². The summed E-state index contributed by atoms with van der Waals surface area (Å²) in [6, 6.07) is 9.24. The van der Waals surface area contributed by atoms with E-state index in [1.165, 1.54) is 0 Å². The molecule has 0 aliphatic rings. The van der Waals surface area contributed by atoms with E-state index in [4.69, 9.17) is 17.3 Å². The van der Waals surface area contributed by atoms with E-state index in [9.17, 15) is 4.79 Å². The molecule has 5 heteroatoms. The van der Waals surface area contributed by atoms with Crippen molar-refractivity contribution in [2.24, 2.45) is 11.7 Å². The van der Waals surface area contributed by atoms with Crippen LogP contribution in [0.3, 0.4) is 0 Å². The lowest BCUT2D eigenvalue weighted by Crippen LogP contribution is -2.31. The van der Waals surface area contributed by atoms with Crippen LogP contribution in [-0.4, -0.2) is 24.0 Å². The Hall–Kier alpha value is -1.91. The number of nitrogens with one attached hydrogen (secondary N) is 1. The summed E-state index contributed by atoms with van der Waals surface area (Å²) in [4.78, 5) is 16.2. The molecule has 1 heterocycles. The molecule has 2 aromatic rings. The number of amides is 1. The predicted octanol–water partition coefficient (Wildman–Crippen LogP) is 2.73. The van der Waals surface area contributed by atoms with Crippen LogP contribution < -0.4 is 11.1 Å². The maximum Gasteiger partial charge on any atom is 0.252 e. The van der Waals surface area contributed by atoms with Crippen molar-refractivity contribution < 1.29 is 4.79 Å². The van der Waals surface area contributed by atoms with Crippen LogP contribution >= 0.6 is 11.6 Å². The number of hydrogen-bond acceptors (Lipinski definition) is 3. The van der Waals surface area contributed by atoms with Gasteiger partial charge in [0.15, 0.2) is 0 Å². The number of nitrogens with zero attached hydrogens (tertiary/aromatic N) is 1. The van der Waals surface area contributed by atoms with Crippen LogP contribution in [0.4, 0.5) is 0 Å². The Morgan fingerprint density at radius 2 is 2.00 bits per heavy atom. The van der Waals surface area contributed by atoms with E-state index in [1.54, 1.807) is 12.4 Å². The summed E-state index contributed by atoms with van der Waals surface area (Å²) in [5.74, 6) is 0.111. The second-order valence-corrected chi connectivity index (χ2v) is 5.46. The highest BCUT2D eigenvalue weighted by molar-refractivity contribution is 6.30. The lowest BCUT2D eigenvalue weighted by atomic mass is 10.1. The molecule has 1 aromatic carbocycles. The Morgan fingerprint density at radius 3 is 2.67 bits per heavy atom. The molecular formula is C16H18ClN3O. The average Bonchev–Trinajstić information content (AvgIpc) is 2.53. The normalized spacial score (nSPS) is 12.0. The van der Waals surface area contributed by atoms with Gasteiger partial charge >= 0.3 is 0 Å². The van der Waals surface area contributed by atoms with Crippen molar-refractivity contribution in [1.29, 1.82) is 0 Å². The van der Waals surface area contributed by atoms with Gasteiger partial charge in [0, 0.05) is 29.5 Å². The third kappa shape index (κ3) is 4.28.